The Labute approximate surface area is 343 Å². The van der Waals surface area contributed by atoms with E-state index in [1.807, 2.05) is 34.6 Å². The van der Waals surface area contributed by atoms with Crippen LogP contribution < -0.4 is 26.1 Å². The molecule has 57 heavy (non-hydrogen) atoms. The van der Waals surface area contributed by atoms with Crippen molar-refractivity contribution in [3.8, 4) is 17.1 Å². The van der Waals surface area contributed by atoms with Crippen molar-refractivity contribution in [3.05, 3.63) is 50.9 Å². The highest BCUT2D eigenvalue weighted by atomic mass is 79.9. The third-order valence-electron chi connectivity index (χ3n) is 10.5. The summed E-state index contributed by atoms with van der Waals surface area (Å²) in [4.78, 5) is 83.9. The zero-order valence-electron chi connectivity index (χ0n) is 33.0. The molecule has 1 aliphatic heterocycles. The highest BCUT2D eigenvalue weighted by Gasteiger charge is 2.61. The molecule has 4 atom stereocenters. The fourth-order valence-electron chi connectivity index (χ4n) is 7.01. The van der Waals surface area contributed by atoms with Gasteiger partial charge in [0.25, 0.3) is 0 Å². The van der Waals surface area contributed by atoms with Crippen LogP contribution in [-0.4, -0.2) is 87.1 Å². The van der Waals surface area contributed by atoms with Gasteiger partial charge in [-0.2, -0.15) is 0 Å². The minimum atomic E-state index is -1.34. The average Bonchev–Trinajstić information content (AvgIpc) is 3.63. The van der Waals surface area contributed by atoms with Crippen LogP contribution in [0, 0.1) is 17.3 Å². The van der Waals surface area contributed by atoms with Crippen LogP contribution >= 0.6 is 27.3 Å². The van der Waals surface area contributed by atoms with Crippen LogP contribution in [0.4, 0.5) is 9.93 Å². The molecule has 3 unspecified atom stereocenters. The minimum Gasteiger partial charge on any atom is -0.495 e. The molecule has 2 aliphatic carbocycles. The maximum absolute atomic E-state index is 13.5. The molecule has 5 N–H and O–H groups in total. The monoisotopic (exact) mass is 870 g/mol. The largest absolute Gasteiger partial charge is 0.495 e. The van der Waals surface area contributed by atoms with Crippen LogP contribution in [0.1, 0.15) is 79.6 Å². The fourth-order valence-corrected chi connectivity index (χ4v) is 8.33. The van der Waals surface area contributed by atoms with Crippen LogP contribution in [0.2, 0.25) is 0 Å². The number of methoxy groups -OCH3 is 1. The maximum Gasteiger partial charge on any atom is 0.408 e. The van der Waals surface area contributed by atoms with Crippen molar-refractivity contribution in [2.24, 2.45) is 17.3 Å². The Bertz CT molecular complexity index is 2090. The number of benzene rings is 1. The van der Waals surface area contributed by atoms with Gasteiger partial charge in [-0.3, -0.25) is 19.2 Å². The molecule has 1 aromatic carbocycles. The van der Waals surface area contributed by atoms with Gasteiger partial charge in [0.15, 0.2) is 10.6 Å². The van der Waals surface area contributed by atoms with Crippen LogP contribution in [0.15, 0.2) is 45.5 Å². The second kappa shape index (κ2) is 17.8. The number of aromatic nitrogens is 2. The summed E-state index contributed by atoms with van der Waals surface area (Å²) >= 11 is 4.78. The number of aromatic amines is 1. The number of thiazole rings is 1. The van der Waals surface area contributed by atoms with Gasteiger partial charge in [-0.25, -0.2) is 14.6 Å². The van der Waals surface area contributed by atoms with Gasteiger partial charge in [0.05, 0.1) is 28.5 Å². The molecular formula is C40H51BrN6O9S. The fraction of sp³-hybridized carbons (Fsp3) is 0.525. The molecule has 2 aromatic heterocycles. The van der Waals surface area contributed by atoms with E-state index in [1.165, 1.54) is 28.4 Å². The first-order valence-electron chi connectivity index (χ1n) is 19.0. The summed E-state index contributed by atoms with van der Waals surface area (Å²) in [7, 11) is 1.57. The second-order valence-electron chi connectivity index (χ2n) is 16.0. The van der Waals surface area contributed by atoms with E-state index in [-0.39, 0.29) is 41.6 Å². The van der Waals surface area contributed by atoms with Crippen LogP contribution in [0.5, 0.6) is 5.75 Å². The summed E-state index contributed by atoms with van der Waals surface area (Å²) in [5.74, 6) is -1.87. The van der Waals surface area contributed by atoms with Crippen LogP contribution in [0.3, 0.4) is 0 Å². The average molecular weight is 872 g/mol. The molecule has 3 fully saturated rings. The first-order chi connectivity index (χ1) is 26.9. The van der Waals surface area contributed by atoms with Gasteiger partial charge in [-0.1, -0.05) is 40.7 Å². The molecule has 0 bridgehead atoms. The highest BCUT2D eigenvalue weighted by molar-refractivity contribution is 9.10. The number of pyridine rings is 1. The van der Waals surface area contributed by atoms with Crippen molar-refractivity contribution < 1.29 is 38.6 Å². The maximum atomic E-state index is 13.5. The standard InChI is InChI=1S/C23H35N3O6.C17H16BrN3O3S/c1-5-14-13-23(14,20(29)30)25-18(27)16-11-8-12-26(16)19(28)17(22(2,3)4)24-21(31)32-15-9-6-7-10-15;1-8(2)16(23)21-17-20-11(7-25-17)10-6-12(22)9-4-5-13(24-3)14(18)15(9)19-10/h5,14-17H,1,6-13H2,2-4H3,(H,24,31)(H,25,27)(H,29,30);4-8H,1-3H3,(H,19,22)(H,20,21,23)/t14-,16?,17?,23?;/m1./s1. The molecule has 15 nitrogen and oxygen atoms in total. The van der Waals surface area contributed by atoms with Crippen molar-refractivity contribution in [1.82, 2.24) is 25.5 Å². The third-order valence-corrected chi connectivity index (χ3v) is 12.0. The van der Waals surface area contributed by atoms with Crippen molar-refractivity contribution in [3.63, 3.8) is 0 Å². The number of carbonyl (C=O) groups excluding carboxylic acids is 4. The smallest absolute Gasteiger partial charge is 0.408 e. The summed E-state index contributed by atoms with van der Waals surface area (Å²) in [6.45, 7) is 13.2. The number of aliphatic carboxylic acids is 1. The van der Waals surface area contributed by atoms with Crippen LogP contribution in [-0.2, 0) is 23.9 Å². The molecule has 3 aromatic rings. The number of hydrogen-bond donors (Lipinski definition) is 5. The predicted octanol–water partition coefficient (Wildman–Crippen LogP) is 6.22. The van der Waals surface area contributed by atoms with Crippen molar-refractivity contribution >= 4 is 73.1 Å². The number of anilines is 1. The summed E-state index contributed by atoms with van der Waals surface area (Å²) in [5.41, 5.74) is -0.258. The first-order valence-corrected chi connectivity index (χ1v) is 20.7. The summed E-state index contributed by atoms with van der Waals surface area (Å²) in [6.07, 6.45) is 5.83. The zero-order chi connectivity index (χ0) is 41.8. The molecule has 0 spiro atoms. The molecule has 4 amide bonds. The number of likely N-dealkylation sites (tertiary alicyclic amines) is 1. The van der Waals surface area contributed by atoms with Gasteiger partial charge in [-0.15, -0.1) is 17.9 Å². The molecular weight excluding hydrogens is 820 g/mol. The number of hydrogen-bond acceptors (Lipinski definition) is 10. The van der Waals surface area contributed by atoms with E-state index >= 15 is 0 Å². The van der Waals surface area contributed by atoms with Gasteiger partial charge in [0.1, 0.15) is 29.5 Å². The van der Waals surface area contributed by atoms with Gasteiger partial charge < -0.3 is 40.4 Å². The van der Waals surface area contributed by atoms with E-state index < -0.39 is 41.0 Å². The number of halogens is 1. The van der Waals surface area contributed by atoms with Crippen molar-refractivity contribution in [2.45, 2.75) is 103 Å². The number of alkyl carbamates (subject to hydrolysis) is 1. The molecule has 0 radical (unpaired) electrons. The molecule has 3 aliphatic rings. The number of carbonyl (C=O) groups is 5. The Morgan fingerprint density at radius 1 is 1.14 bits per heavy atom. The molecule has 2 saturated carbocycles. The van der Waals surface area contributed by atoms with Crippen molar-refractivity contribution in [1.29, 1.82) is 0 Å². The number of H-pyrrole nitrogens is 1. The van der Waals surface area contributed by atoms with E-state index in [1.54, 1.807) is 24.6 Å². The zero-order valence-corrected chi connectivity index (χ0v) is 35.4. The number of fused-ring (bicyclic) bond motifs is 1. The quantitative estimate of drug-likeness (QED) is 0.137. The van der Waals surface area contributed by atoms with E-state index in [0.29, 0.717) is 57.0 Å². The Balaban J connectivity index is 0.000000224. The molecule has 6 rings (SSSR count). The molecule has 17 heteroatoms. The summed E-state index contributed by atoms with van der Waals surface area (Å²) < 4.78 is 11.4. The Kier molecular flexibility index (Phi) is 13.5. The normalized spacial score (nSPS) is 20.9. The SMILES string of the molecule is C=C[C@@H]1CC1(NC(=O)C1CCCN1C(=O)C(NC(=O)OC1CCCC1)C(C)(C)C)C(=O)O.COc1ccc2c(=O)cc(-c3csc(NC(=O)C(C)C)n3)[nH]c2c1Br. The van der Waals surface area contributed by atoms with Gasteiger partial charge in [-0.05, 0) is 78.4 Å². The van der Waals surface area contributed by atoms with Gasteiger partial charge in [0.2, 0.25) is 17.7 Å². The van der Waals surface area contributed by atoms with Gasteiger partial charge >= 0.3 is 12.1 Å². The number of nitrogens with zero attached hydrogens (tertiary/aromatic N) is 2. The summed E-state index contributed by atoms with van der Waals surface area (Å²) in [6, 6.07) is 3.31. The highest BCUT2D eigenvalue weighted by Crippen LogP contribution is 2.45. The molecule has 3 heterocycles. The molecule has 1 saturated heterocycles. The van der Waals surface area contributed by atoms with Crippen LogP contribution in [0.25, 0.3) is 22.3 Å². The minimum absolute atomic E-state index is 0.0969. The lowest BCUT2D eigenvalue weighted by Crippen LogP contribution is -2.59. The third kappa shape index (κ3) is 9.86. The lowest BCUT2D eigenvalue weighted by Gasteiger charge is -2.35. The number of rotatable bonds is 11. The van der Waals surface area contributed by atoms with Gasteiger partial charge in [0, 0.05) is 35.2 Å². The lowest BCUT2D eigenvalue weighted by molar-refractivity contribution is -0.146. The second-order valence-corrected chi connectivity index (χ2v) is 17.6. The number of carboxylic acids is 1. The number of amides is 4. The van der Waals surface area contributed by atoms with E-state index in [4.69, 9.17) is 9.47 Å². The van der Waals surface area contributed by atoms with E-state index in [2.05, 4.69) is 48.4 Å². The Hall–Kier alpha value is -4.77. The number of carboxylic acid groups (broad SMARTS) is 1. The topological polar surface area (TPSA) is 209 Å². The summed E-state index contributed by atoms with van der Waals surface area (Å²) in [5, 5.41) is 20.6. The van der Waals surface area contributed by atoms with E-state index in [0.717, 1.165) is 25.7 Å². The first kappa shape index (κ1) is 43.4. The Morgan fingerprint density at radius 3 is 2.44 bits per heavy atom. The lowest BCUT2D eigenvalue weighted by atomic mass is 9.85. The van der Waals surface area contributed by atoms with E-state index in [9.17, 15) is 33.9 Å². The number of nitrogens with one attached hydrogen (secondary N) is 4. The predicted molar refractivity (Wildman–Crippen MR) is 220 cm³/mol. The Morgan fingerprint density at radius 2 is 1.84 bits per heavy atom. The number of ether oxygens (including phenoxy) is 2. The van der Waals surface area contributed by atoms with Crippen molar-refractivity contribution in [2.75, 3.05) is 19.0 Å². The molecule has 308 valence electrons.